The van der Waals surface area contributed by atoms with Crippen LogP contribution in [0.5, 0.6) is 11.5 Å². The quantitative estimate of drug-likeness (QED) is 0.613. The lowest BCUT2D eigenvalue weighted by molar-refractivity contribution is 0.262. The molecular formula is C19H18N4O3. The van der Waals surface area contributed by atoms with Gasteiger partial charge in [-0.05, 0) is 49.4 Å². The van der Waals surface area contributed by atoms with Crippen molar-refractivity contribution in [3.63, 3.8) is 0 Å². The number of H-pyrrole nitrogens is 1. The average Bonchev–Trinajstić information content (AvgIpc) is 3.05. The summed E-state index contributed by atoms with van der Waals surface area (Å²) in [6, 6.07) is 12.1. The van der Waals surface area contributed by atoms with Gasteiger partial charge in [-0.2, -0.15) is 5.10 Å². The topological polar surface area (TPSA) is 88.3 Å². The van der Waals surface area contributed by atoms with Crippen molar-refractivity contribution in [3.05, 3.63) is 42.5 Å². The van der Waals surface area contributed by atoms with Gasteiger partial charge < -0.3 is 14.8 Å². The molecule has 0 fully saturated rings. The lowest BCUT2D eigenvalue weighted by Crippen LogP contribution is -2.19. The SMILES string of the molecule is CC#CCOc1ccc2[nH]nc(NC(=O)Nc3ccc(OC)cc3)c2c1. The Labute approximate surface area is 150 Å². The van der Waals surface area contributed by atoms with E-state index in [2.05, 4.69) is 32.7 Å². The normalized spacial score (nSPS) is 9.92. The number of hydrogen-bond donors (Lipinski definition) is 3. The summed E-state index contributed by atoms with van der Waals surface area (Å²) in [7, 11) is 1.59. The maximum Gasteiger partial charge on any atom is 0.324 e. The molecule has 26 heavy (non-hydrogen) atoms. The lowest BCUT2D eigenvalue weighted by Gasteiger charge is -2.07. The summed E-state index contributed by atoms with van der Waals surface area (Å²) in [5.74, 6) is 7.39. The van der Waals surface area contributed by atoms with Gasteiger partial charge in [-0.25, -0.2) is 4.79 Å². The molecule has 3 N–H and O–H groups in total. The summed E-state index contributed by atoms with van der Waals surface area (Å²) >= 11 is 0. The molecule has 0 radical (unpaired) electrons. The van der Waals surface area contributed by atoms with Gasteiger partial charge in [0.2, 0.25) is 0 Å². The van der Waals surface area contributed by atoms with Gasteiger partial charge in [-0.1, -0.05) is 5.92 Å². The van der Waals surface area contributed by atoms with Crippen molar-refractivity contribution in [1.29, 1.82) is 0 Å². The van der Waals surface area contributed by atoms with E-state index in [4.69, 9.17) is 9.47 Å². The highest BCUT2D eigenvalue weighted by molar-refractivity contribution is 6.04. The molecule has 0 atom stereocenters. The van der Waals surface area contributed by atoms with Crippen LogP contribution in [-0.4, -0.2) is 29.9 Å². The molecule has 0 spiro atoms. The Kier molecular flexibility index (Phi) is 5.25. The lowest BCUT2D eigenvalue weighted by atomic mass is 10.2. The van der Waals surface area contributed by atoms with Gasteiger partial charge >= 0.3 is 6.03 Å². The Balaban J connectivity index is 1.71. The predicted molar refractivity (Wildman–Crippen MR) is 101 cm³/mol. The number of fused-ring (bicyclic) bond motifs is 1. The zero-order valence-electron chi connectivity index (χ0n) is 14.4. The highest BCUT2D eigenvalue weighted by Crippen LogP contribution is 2.25. The molecular weight excluding hydrogens is 332 g/mol. The maximum atomic E-state index is 12.2. The summed E-state index contributed by atoms with van der Waals surface area (Å²) in [4.78, 5) is 12.2. The van der Waals surface area contributed by atoms with Gasteiger partial charge in [0, 0.05) is 11.1 Å². The first kappa shape index (κ1) is 17.2. The third-order valence-electron chi connectivity index (χ3n) is 3.60. The number of anilines is 2. The first-order valence-corrected chi connectivity index (χ1v) is 7.92. The third kappa shape index (κ3) is 4.05. The molecule has 0 unspecified atom stereocenters. The number of aromatic nitrogens is 2. The van der Waals surface area contributed by atoms with Crippen molar-refractivity contribution in [2.75, 3.05) is 24.4 Å². The van der Waals surface area contributed by atoms with Crippen LogP contribution in [0.1, 0.15) is 6.92 Å². The Morgan fingerprint density at radius 1 is 1.15 bits per heavy atom. The number of ether oxygens (including phenoxy) is 2. The van der Waals surface area contributed by atoms with E-state index in [1.807, 2.05) is 12.1 Å². The number of nitrogens with one attached hydrogen (secondary N) is 3. The van der Waals surface area contributed by atoms with Crippen molar-refractivity contribution in [2.45, 2.75) is 6.92 Å². The minimum atomic E-state index is -0.397. The Morgan fingerprint density at radius 3 is 2.65 bits per heavy atom. The number of hydrogen-bond acceptors (Lipinski definition) is 4. The minimum Gasteiger partial charge on any atom is -0.497 e. The Morgan fingerprint density at radius 2 is 1.92 bits per heavy atom. The number of urea groups is 1. The van der Waals surface area contributed by atoms with Crippen LogP contribution in [0.2, 0.25) is 0 Å². The van der Waals surface area contributed by atoms with Gasteiger partial charge in [0.15, 0.2) is 5.82 Å². The number of aromatic amines is 1. The van der Waals surface area contributed by atoms with E-state index in [0.717, 1.165) is 16.7 Å². The smallest absolute Gasteiger partial charge is 0.324 e. The molecule has 0 bridgehead atoms. The molecule has 2 amide bonds. The van der Waals surface area contributed by atoms with E-state index in [9.17, 15) is 4.79 Å². The highest BCUT2D eigenvalue weighted by atomic mass is 16.5. The van der Waals surface area contributed by atoms with E-state index in [-0.39, 0.29) is 0 Å². The van der Waals surface area contributed by atoms with Crippen LogP contribution in [0.25, 0.3) is 10.9 Å². The first-order valence-electron chi connectivity index (χ1n) is 7.92. The van der Waals surface area contributed by atoms with Gasteiger partial charge in [-0.3, -0.25) is 10.4 Å². The van der Waals surface area contributed by atoms with Crippen molar-refractivity contribution < 1.29 is 14.3 Å². The van der Waals surface area contributed by atoms with Gasteiger partial charge in [0.05, 0.1) is 12.6 Å². The molecule has 0 saturated heterocycles. The molecule has 0 saturated carbocycles. The number of carbonyl (C=O) groups is 1. The van der Waals surface area contributed by atoms with Gasteiger partial charge in [0.25, 0.3) is 0 Å². The maximum absolute atomic E-state index is 12.2. The molecule has 7 nitrogen and oxygen atoms in total. The van der Waals surface area contributed by atoms with E-state index in [1.165, 1.54) is 0 Å². The van der Waals surface area contributed by atoms with Crippen LogP contribution in [0.15, 0.2) is 42.5 Å². The fraction of sp³-hybridized carbons (Fsp3) is 0.158. The van der Waals surface area contributed by atoms with Crippen molar-refractivity contribution >= 4 is 28.4 Å². The number of benzene rings is 2. The molecule has 0 aliphatic rings. The zero-order chi connectivity index (χ0) is 18.4. The van der Waals surface area contributed by atoms with Crippen LogP contribution in [-0.2, 0) is 0 Å². The third-order valence-corrected chi connectivity index (χ3v) is 3.60. The van der Waals surface area contributed by atoms with E-state index < -0.39 is 6.03 Å². The molecule has 1 heterocycles. The Bertz CT molecular complexity index is 968. The van der Waals surface area contributed by atoms with Crippen molar-refractivity contribution in [1.82, 2.24) is 10.2 Å². The van der Waals surface area contributed by atoms with Crippen LogP contribution < -0.4 is 20.1 Å². The van der Waals surface area contributed by atoms with Crippen LogP contribution in [0.3, 0.4) is 0 Å². The molecule has 132 valence electrons. The van der Waals surface area contributed by atoms with Crippen LogP contribution in [0, 0.1) is 11.8 Å². The second-order valence-electron chi connectivity index (χ2n) is 5.30. The minimum absolute atomic E-state index is 0.306. The standard InChI is InChI=1S/C19H18N4O3/c1-3-4-11-26-15-9-10-17-16(12-15)18(23-22-17)21-19(24)20-13-5-7-14(25-2)8-6-13/h5-10,12H,11H2,1-2H3,(H3,20,21,22,23,24). The first-order chi connectivity index (χ1) is 12.7. The Hall–Kier alpha value is -3.66. The predicted octanol–water partition coefficient (Wildman–Crippen LogP) is 3.62. The fourth-order valence-electron chi connectivity index (χ4n) is 2.31. The average molecular weight is 350 g/mol. The second kappa shape index (κ2) is 7.94. The summed E-state index contributed by atoms with van der Waals surface area (Å²) in [6.07, 6.45) is 0. The number of methoxy groups -OCH3 is 1. The number of nitrogens with zero attached hydrogens (tertiary/aromatic N) is 1. The fourth-order valence-corrected chi connectivity index (χ4v) is 2.31. The molecule has 1 aromatic heterocycles. The number of carbonyl (C=O) groups excluding carboxylic acids is 1. The molecule has 7 heteroatoms. The van der Waals surface area contributed by atoms with Crippen molar-refractivity contribution in [3.8, 4) is 23.3 Å². The van der Waals surface area contributed by atoms with Gasteiger partial charge in [0.1, 0.15) is 18.1 Å². The monoisotopic (exact) mass is 350 g/mol. The molecule has 3 aromatic rings. The second-order valence-corrected chi connectivity index (χ2v) is 5.30. The summed E-state index contributed by atoms with van der Waals surface area (Å²) in [6.45, 7) is 2.06. The molecule has 2 aromatic carbocycles. The van der Waals surface area contributed by atoms with Gasteiger partial charge in [-0.15, -0.1) is 5.92 Å². The molecule has 0 aliphatic carbocycles. The van der Waals surface area contributed by atoms with Crippen LogP contribution >= 0.6 is 0 Å². The number of amides is 2. The van der Waals surface area contributed by atoms with E-state index in [1.54, 1.807) is 44.4 Å². The highest BCUT2D eigenvalue weighted by Gasteiger charge is 2.10. The van der Waals surface area contributed by atoms with Crippen molar-refractivity contribution in [2.24, 2.45) is 0 Å². The summed E-state index contributed by atoms with van der Waals surface area (Å²) in [5, 5.41) is 13.2. The summed E-state index contributed by atoms with van der Waals surface area (Å²) in [5.41, 5.74) is 1.43. The summed E-state index contributed by atoms with van der Waals surface area (Å²) < 4.78 is 10.6. The molecule has 3 rings (SSSR count). The van der Waals surface area contributed by atoms with E-state index in [0.29, 0.717) is 23.9 Å². The van der Waals surface area contributed by atoms with E-state index >= 15 is 0 Å². The largest absolute Gasteiger partial charge is 0.497 e. The van der Waals surface area contributed by atoms with Crippen LogP contribution in [0.4, 0.5) is 16.3 Å². The molecule has 0 aliphatic heterocycles. The number of rotatable bonds is 5. The zero-order valence-corrected chi connectivity index (χ0v) is 14.4.